The van der Waals surface area contributed by atoms with Crippen LogP contribution in [-0.2, 0) is 0 Å². The molecule has 2 heterocycles. The van der Waals surface area contributed by atoms with Gasteiger partial charge in [0.2, 0.25) is 0 Å². The van der Waals surface area contributed by atoms with Gasteiger partial charge in [-0.25, -0.2) is 22.7 Å². The molecular formula is C16H10ClF3N4O. The minimum Gasteiger partial charge on any atom is -0.342 e. The number of fused-ring (bicyclic) bond motifs is 1. The van der Waals surface area contributed by atoms with Crippen molar-refractivity contribution in [3.8, 4) is 11.3 Å². The number of carbonyl (C=O) groups excluding carboxylic acids is 1. The van der Waals surface area contributed by atoms with Crippen LogP contribution < -0.4 is 5.32 Å². The quantitative estimate of drug-likeness (QED) is 0.773. The lowest BCUT2D eigenvalue weighted by Crippen LogP contribution is -2.30. The third kappa shape index (κ3) is 2.72. The summed E-state index contributed by atoms with van der Waals surface area (Å²) < 4.78 is 41.4. The number of carbonyl (C=O) groups is 1. The minimum absolute atomic E-state index is 0.0749. The fraction of sp³-hybridized carbons (Fsp3) is 0.188. The van der Waals surface area contributed by atoms with Crippen LogP contribution in [0.4, 0.5) is 13.2 Å². The molecule has 0 aliphatic heterocycles. The number of imidazole rings is 1. The molecule has 1 fully saturated rings. The Labute approximate surface area is 144 Å². The number of benzene rings is 1. The van der Waals surface area contributed by atoms with E-state index in [0.29, 0.717) is 11.2 Å². The first-order chi connectivity index (χ1) is 11.9. The second kappa shape index (κ2) is 5.45. The maximum atomic E-state index is 13.8. The SMILES string of the molecule is O=C(NC1CC1(F)F)c1nc2cccnn2c1-c1ccc(Cl)c(F)c1. The highest BCUT2D eigenvalue weighted by molar-refractivity contribution is 6.30. The second-order valence-corrected chi connectivity index (χ2v) is 6.13. The molecule has 5 nitrogen and oxygen atoms in total. The molecule has 1 unspecified atom stereocenters. The zero-order chi connectivity index (χ0) is 17.8. The van der Waals surface area contributed by atoms with Crippen LogP contribution in [0.5, 0.6) is 0 Å². The summed E-state index contributed by atoms with van der Waals surface area (Å²) in [5.41, 5.74) is 0.733. The van der Waals surface area contributed by atoms with Crippen LogP contribution in [0, 0.1) is 5.82 Å². The lowest BCUT2D eigenvalue weighted by molar-refractivity contribution is 0.0846. The first-order valence-corrected chi connectivity index (χ1v) is 7.72. The molecule has 1 atom stereocenters. The largest absolute Gasteiger partial charge is 0.342 e. The molecule has 25 heavy (non-hydrogen) atoms. The Kier molecular flexibility index (Phi) is 3.47. The lowest BCUT2D eigenvalue weighted by Gasteiger charge is -2.06. The zero-order valence-electron chi connectivity index (χ0n) is 12.5. The van der Waals surface area contributed by atoms with Crippen LogP contribution in [0.2, 0.25) is 5.02 Å². The molecule has 4 rings (SSSR count). The monoisotopic (exact) mass is 366 g/mol. The van der Waals surface area contributed by atoms with E-state index in [2.05, 4.69) is 15.4 Å². The van der Waals surface area contributed by atoms with Gasteiger partial charge in [0.15, 0.2) is 11.3 Å². The molecule has 1 aliphatic carbocycles. The number of rotatable bonds is 3. The molecule has 1 N–H and O–H groups in total. The van der Waals surface area contributed by atoms with Gasteiger partial charge in [0.1, 0.15) is 11.5 Å². The molecule has 0 bridgehead atoms. The Morgan fingerprint density at radius 2 is 2.12 bits per heavy atom. The smallest absolute Gasteiger partial charge is 0.272 e. The Bertz CT molecular complexity index is 1000. The Morgan fingerprint density at radius 1 is 1.36 bits per heavy atom. The Hall–Kier alpha value is -2.61. The fourth-order valence-corrected chi connectivity index (χ4v) is 2.66. The summed E-state index contributed by atoms with van der Waals surface area (Å²) in [6.07, 6.45) is 1.07. The standard InChI is InChI=1S/C16H10ClF3N4O/c17-9-4-3-8(6-10(9)18)14-13(15(25)22-11-7-16(11,19)20)23-12-2-1-5-21-24(12)14/h1-6,11H,7H2,(H,22,25). The molecule has 0 spiro atoms. The highest BCUT2D eigenvalue weighted by Gasteiger charge is 2.58. The van der Waals surface area contributed by atoms with Gasteiger partial charge in [0, 0.05) is 18.2 Å². The van der Waals surface area contributed by atoms with Crippen molar-refractivity contribution in [2.45, 2.75) is 18.4 Å². The predicted octanol–water partition coefficient (Wildman–Crippen LogP) is 3.33. The van der Waals surface area contributed by atoms with Crippen LogP contribution in [-0.4, -0.2) is 32.5 Å². The predicted molar refractivity (Wildman–Crippen MR) is 84.2 cm³/mol. The summed E-state index contributed by atoms with van der Waals surface area (Å²) in [4.78, 5) is 16.6. The van der Waals surface area contributed by atoms with E-state index in [-0.39, 0.29) is 16.4 Å². The normalized spacial score (nSPS) is 18.3. The van der Waals surface area contributed by atoms with E-state index < -0.39 is 30.1 Å². The molecule has 128 valence electrons. The summed E-state index contributed by atoms with van der Waals surface area (Å²) in [6.45, 7) is 0. The zero-order valence-corrected chi connectivity index (χ0v) is 13.3. The first kappa shape index (κ1) is 15.9. The number of hydrogen-bond acceptors (Lipinski definition) is 3. The van der Waals surface area contributed by atoms with Gasteiger partial charge in [0.05, 0.1) is 11.1 Å². The average Bonchev–Trinajstić information content (AvgIpc) is 3.01. The van der Waals surface area contributed by atoms with Gasteiger partial charge in [-0.3, -0.25) is 4.79 Å². The van der Waals surface area contributed by atoms with Gasteiger partial charge in [-0.1, -0.05) is 17.7 Å². The molecule has 3 aromatic rings. The van der Waals surface area contributed by atoms with Crippen LogP contribution in [0.25, 0.3) is 16.9 Å². The number of alkyl halides is 2. The van der Waals surface area contributed by atoms with Crippen molar-refractivity contribution in [2.24, 2.45) is 0 Å². The van der Waals surface area contributed by atoms with E-state index in [9.17, 15) is 18.0 Å². The highest BCUT2D eigenvalue weighted by Crippen LogP contribution is 2.42. The van der Waals surface area contributed by atoms with Crippen LogP contribution in [0.3, 0.4) is 0 Å². The van der Waals surface area contributed by atoms with E-state index in [0.717, 1.165) is 6.07 Å². The lowest BCUT2D eigenvalue weighted by atomic mass is 10.1. The van der Waals surface area contributed by atoms with Crippen molar-refractivity contribution < 1.29 is 18.0 Å². The van der Waals surface area contributed by atoms with Gasteiger partial charge in [-0.2, -0.15) is 5.10 Å². The number of nitrogens with zero attached hydrogens (tertiary/aromatic N) is 3. The van der Waals surface area contributed by atoms with Gasteiger partial charge < -0.3 is 5.32 Å². The minimum atomic E-state index is -2.90. The van der Waals surface area contributed by atoms with Crippen molar-refractivity contribution in [3.05, 3.63) is 53.1 Å². The summed E-state index contributed by atoms with van der Waals surface area (Å²) in [7, 11) is 0. The van der Waals surface area contributed by atoms with E-state index >= 15 is 0 Å². The molecule has 0 radical (unpaired) electrons. The summed E-state index contributed by atoms with van der Waals surface area (Å²) >= 11 is 5.70. The second-order valence-electron chi connectivity index (χ2n) is 5.72. The topological polar surface area (TPSA) is 59.3 Å². The van der Waals surface area contributed by atoms with E-state index in [1.807, 2.05) is 0 Å². The van der Waals surface area contributed by atoms with Crippen LogP contribution in [0.15, 0.2) is 36.5 Å². The van der Waals surface area contributed by atoms with E-state index in [1.54, 1.807) is 12.1 Å². The average molecular weight is 367 g/mol. The molecule has 1 aromatic carbocycles. The van der Waals surface area contributed by atoms with Gasteiger partial charge >= 0.3 is 0 Å². The number of aromatic nitrogens is 3. The van der Waals surface area contributed by atoms with E-state index in [1.165, 1.54) is 22.8 Å². The third-order valence-electron chi connectivity index (χ3n) is 3.93. The number of amides is 1. The van der Waals surface area contributed by atoms with Gasteiger partial charge in [-0.05, 0) is 24.3 Å². The van der Waals surface area contributed by atoms with Gasteiger partial charge in [0.25, 0.3) is 11.8 Å². The number of halogens is 4. The summed E-state index contributed by atoms with van der Waals surface area (Å²) in [5.74, 6) is -4.34. The van der Waals surface area contributed by atoms with Crippen molar-refractivity contribution in [2.75, 3.05) is 0 Å². The maximum absolute atomic E-state index is 13.8. The third-order valence-corrected chi connectivity index (χ3v) is 4.24. The van der Waals surface area contributed by atoms with Crippen molar-refractivity contribution >= 4 is 23.2 Å². The highest BCUT2D eigenvalue weighted by atomic mass is 35.5. The number of nitrogens with one attached hydrogen (secondary N) is 1. The van der Waals surface area contributed by atoms with Gasteiger partial charge in [-0.15, -0.1) is 0 Å². The summed E-state index contributed by atoms with van der Waals surface area (Å²) in [6, 6.07) is 5.99. The number of hydrogen-bond donors (Lipinski definition) is 1. The maximum Gasteiger partial charge on any atom is 0.272 e. The van der Waals surface area contributed by atoms with Crippen molar-refractivity contribution in [1.82, 2.24) is 19.9 Å². The molecule has 1 saturated carbocycles. The Morgan fingerprint density at radius 3 is 2.80 bits per heavy atom. The molecular weight excluding hydrogens is 357 g/mol. The van der Waals surface area contributed by atoms with Crippen LogP contribution >= 0.6 is 11.6 Å². The van der Waals surface area contributed by atoms with Crippen molar-refractivity contribution in [3.63, 3.8) is 0 Å². The first-order valence-electron chi connectivity index (χ1n) is 7.35. The summed E-state index contributed by atoms with van der Waals surface area (Å²) in [5, 5.41) is 6.28. The van der Waals surface area contributed by atoms with E-state index in [4.69, 9.17) is 11.6 Å². The molecule has 9 heteroatoms. The van der Waals surface area contributed by atoms with Crippen molar-refractivity contribution in [1.29, 1.82) is 0 Å². The molecule has 1 amide bonds. The van der Waals surface area contributed by atoms with Crippen LogP contribution in [0.1, 0.15) is 16.9 Å². The molecule has 0 saturated heterocycles. The molecule has 2 aromatic heterocycles. The molecule has 1 aliphatic rings. The Balaban J connectivity index is 1.83. The fourth-order valence-electron chi connectivity index (χ4n) is 2.55.